The minimum Gasteiger partial charge on any atom is -0.444 e. The number of piperidine rings is 1. The molecule has 0 aromatic rings. The summed E-state index contributed by atoms with van der Waals surface area (Å²) in [5.74, 6) is 0. The number of carbonyl (C=O) groups is 1. The van der Waals surface area contributed by atoms with Crippen LogP contribution in [0.1, 0.15) is 66.2 Å². The summed E-state index contributed by atoms with van der Waals surface area (Å²) in [7, 11) is 0. The van der Waals surface area contributed by atoms with Crippen LogP contribution in [-0.2, 0) is 4.74 Å². The molecule has 23 heavy (non-hydrogen) atoms. The summed E-state index contributed by atoms with van der Waals surface area (Å²) in [6, 6.07) is 1.71. The average molecular weight is 325 g/mol. The summed E-state index contributed by atoms with van der Waals surface area (Å²) < 4.78 is 5.33. The lowest BCUT2D eigenvalue weighted by Crippen LogP contribution is -2.51. The molecule has 0 bridgehead atoms. The van der Waals surface area contributed by atoms with Crippen LogP contribution in [0.5, 0.6) is 0 Å². The van der Waals surface area contributed by atoms with Crippen molar-refractivity contribution in [1.29, 1.82) is 0 Å². The maximum absolute atomic E-state index is 11.8. The number of nitrogens with one attached hydrogen (secondary N) is 2. The number of fused-ring (bicyclic) bond motifs is 1. The van der Waals surface area contributed by atoms with E-state index in [1.807, 2.05) is 20.8 Å². The van der Waals surface area contributed by atoms with E-state index in [1.54, 1.807) is 0 Å². The van der Waals surface area contributed by atoms with Gasteiger partial charge in [0.2, 0.25) is 0 Å². The van der Waals surface area contributed by atoms with E-state index in [0.717, 1.165) is 18.9 Å². The third-order valence-corrected chi connectivity index (χ3v) is 4.82. The Kier molecular flexibility index (Phi) is 6.72. The number of alkyl carbamates (subject to hydrolysis) is 1. The van der Waals surface area contributed by atoms with Gasteiger partial charge in [-0.05, 0) is 66.0 Å². The monoisotopic (exact) mass is 325 g/mol. The lowest BCUT2D eigenvalue weighted by atomic mass is 9.96. The zero-order valence-corrected chi connectivity index (χ0v) is 15.4. The van der Waals surface area contributed by atoms with Crippen LogP contribution in [0.2, 0.25) is 0 Å². The number of rotatable bonds is 6. The first-order valence-electron chi connectivity index (χ1n) is 9.34. The zero-order chi connectivity index (χ0) is 16.9. The van der Waals surface area contributed by atoms with Crippen molar-refractivity contribution < 1.29 is 9.53 Å². The normalized spacial score (nSPS) is 26.6. The number of carbonyl (C=O) groups excluding carboxylic acids is 1. The lowest BCUT2D eigenvalue weighted by Gasteiger charge is -2.37. The van der Waals surface area contributed by atoms with Gasteiger partial charge in [-0.25, -0.2) is 4.79 Å². The smallest absolute Gasteiger partial charge is 0.407 e. The van der Waals surface area contributed by atoms with Gasteiger partial charge in [0, 0.05) is 24.7 Å². The van der Waals surface area contributed by atoms with E-state index in [-0.39, 0.29) is 6.09 Å². The summed E-state index contributed by atoms with van der Waals surface area (Å²) in [4.78, 5) is 14.5. The Balaban J connectivity index is 1.76. The fourth-order valence-corrected chi connectivity index (χ4v) is 3.82. The van der Waals surface area contributed by atoms with Crippen LogP contribution < -0.4 is 10.6 Å². The SMILES string of the molecule is CCCC(CNC(=O)OC(C)(C)C)NC1CCN2CCCC2C1. The second-order valence-electron chi connectivity index (χ2n) is 8.09. The molecule has 2 heterocycles. The maximum atomic E-state index is 11.8. The highest BCUT2D eigenvalue weighted by molar-refractivity contribution is 5.67. The lowest BCUT2D eigenvalue weighted by molar-refractivity contribution is 0.0519. The Labute approximate surface area is 141 Å². The van der Waals surface area contributed by atoms with Crippen LogP contribution in [0.25, 0.3) is 0 Å². The summed E-state index contributed by atoms with van der Waals surface area (Å²) in [5.41, 5.74) is -0.437. The van der Waals surface area contributed by atoms with Crippen LogP contribution >= 0.6 is 0 Å². The Bertz CT molecular complexity index is 381. The van der Waals surface area contributed by atoms with E-state index < -0.39 is 5.60 Å². The summed E-state index contributed by atoms with van der Waals surface area (Å²) >= 11 is 0. The second-order valence-corrected chi connectivity index (χ2v) is 8.09. The fraction of sp³-hybridized carbons (Fsp3) is 0.944. The third-order valence-electron chi connectivity index (χ3n) is 4.82. The van der Waals surface area contributed by atoms with Crippen LogP contribution in [0.3, 0.4) is 0 Å². The van der Waals surface area contributed by atoms with E-state index in [0.29, 0.717) is 18.6 Å². The van der Waals surface area contributed by atoms with Crippen molar-refractivity contribution in [3.05, 3.63) is 0 Å². The highest BCUT2D eigenvalue weighted by Crippen LogP contribution is 2.27. The molecule has 5 heteroatoms. The van der Waals surface area contributed by atoms with E-state index in [9.17, 15) is 4.79 Å². The molecule has 0 aromatic carbocycles. The Morgan fingerprint density at radius 1 is 1.30 bits per heavy atom. The van der Waals surface area contributed by atoms with Gasteiger partial charge in [0.1, 0.15) is 5.60 Å². The van der Waals surface area contributed by atoms with E-state index >= 15 is 0 Å². The molecule has 2 aliphatic heterocycles. The molecule has 2 N–H and O–H groups in total. The van der Waals surface area contributed by atoms with Gasteiger partial charge in [0.05, 0.1) is 0 Å². The molecule has 0 spiro atoms. The van der Waals surface area contributed by atoms with Gasteiger partial charge in [-0.3, -0.25) is 0 Å². The Hall–Kier alpha value is -0.810. The van der Waals surface area contributed by atoms with Crippen molar-refractivity contribution in [3.8, 4) is 0 Å². The number of hydrogen-bond acceptors (Lipinski definition) is 4. The van der Waals surface area contributed by atoms with Crippen molar-refractivity contribution in [1.82, 2.24) is 15.5 Å². The second kappa shape index (κ2) is 8.34. The van der Waals surface area contributed by atoms with Gasteiger partial charge in [-0.15, -0.1) is 0 Å². The van der Waals surface area contributed by atoms with Crippen molar-refractivity contribution >= 4 is 6.09 Å². The van der Waals surface area contributed by atoms with Gasteiger partial charge in [0.25, 0.3) is 0 Å². The third kappa shape index (κ3) is 6.30. The average Bonchev–Trinajstić information content (AvgIpc) is 2.90. The number of hydrogen-bond donors (Lipinski definition) is 2. The van der Waals surface area contributed by atoms with Crippen LogP contribution in [0.4, 0.5) is 4.79 Å². The Morgan fingerprint density at radius 2 is 2.09 bits per heavy atom. The van der Waals surface area contributed by atoms with E-state index in [4.69, 9.17) is 4.74 Å². The predicted octanol–water partition coefficient (Wildman–Crippen LogP) is 2.90. The molecular formula is C18H35N3O2. The Morgan fingerprint density at radius 3 is 2.78 bits per heavy atom. The van der Waals surface area contributed by atoms with Crippen molar-refractivity contribution in [2.45, 2.75) is 89.9 Å². The molecule has 3 unspecified atom stereocenters. The van der Waals surface area contributed by atoms with Gasteiger partial charge in [-0.1, -0.05) is 13.3 Å². The summed E-state index contributed by atoms with van der Waals surface area (Å²) in [5, 5.41) is 6.72. The first-order valence-corrected chi connectivity index (χ1v) is 9.34. The highest BCUT2D eigenvalue weighted by Gasteiger charge is 2.32. The molecule has 3 atom stereocenters. The summed E-state index contributed by atoms with van der Waals surface area (Å²) in [6.45, 7) is 11.0. The van der Waals surface area contributed by atoms with Gasteiger partial charge < -0.3 is 20.3 Å². The molecule has 2 fully saturated rings. The van der Waals surface area contributed by atoms with Crippen LogP contribution in [0, 0.1) is 0 Å². The first-order chi connectivity index (χ1) is 10.9. The first kappa shape index (κ1) is 18.5. The van der Waals surface area contributed by atoms with E-state index in [2.05, 4.69) is 22.5 Å². The number of amides is 1. The topological polar surface area (TPSA) is 53.6 Å². The molecular weight excluding hydrogens is 290 g/mol. The standard InChI is InChI=1S/C18H35N3O2/c1-5-7-15(13-19-17(22)23-18(2,3)4)20-14-9-11-21-10-6-8-16(21)12-14/h14-16,20H,5-13H2,1-4H3,(H,19,22). The fourth-order valence-electron chi connectivity index (χ4n) is 3.82. The molecule has 2 rings (SSSR count). The minimum absolute atomic E-state index is 0.314. The van der Waals surface area contributed by atoms with Crippen LogP contribution in [-0.4, -0.2) is 54.4 Å². The zero-order valence-electron chi connectivity index (χ0n) is 15.4. The van der Waals surface area contributed by atoms with Gasteiger partial charge in [0.15, 0.2) is 0 Å². The quantitative estimate of drug-likeness (QED) is 0.788. The summed E-state index contributed by atoms with van der Waals surface area (Å²) in [6.07, 6.45) is 7.08. The van der Waals surface area contributed by atoms with E-state index in [1.165, 1.54) is 38.8 Å². The van der Waals surface area contributed by atoms with Crippen molar-refractivity contribution in [3.63, 3.8) is 0 Å². The molecule has 0 radical (unpaired) electrons. The maximum Gasteiger partial charge on any atom is 0.407 e. The predicted molar refractivity (Wildman–Crippen MR) is 93.7 cm³/mol. The van der Waals surface area contributed by atoms with Gasteiger partial charge in [-0.2, -0.15) is 0 Å². The molecule has 0 aliphatic carbocycles. The molecule has 0 saturated carbocycles. The van der Waals surface area contributed by atoms with Gasteiger partial charge >= 0.3 is 6.09 Å². The molecule has 2 aliphatic rings. The van der Waals surface area contributed by atoms with Crippen LogP contribution in [0.15, 0.2) is 0 Å². The largest absolute Gasteiger partial charge is 0.444 e. The molecule has 1 amide bonds. The van der Waals surface area contributed by atoms with Crippen molar-refractivity contribution in [2.75, 3.05) is 19.6 Å². The number of nitrogens with zero attached hydrogens (tertiary/aromatic N) is 1. The molecule has 5 nitrogen and oxygen atoms in total. The molecule has 2 saturated heterocycles. The minimum atomic E-state index is -0.437. The molecule has 134 valence electrons. The highest BCUT2D eigenvalue weighted by atomic mass is 16.6. The molecule has 0 aromatic heterocycles. The number of ether oxygens (including phenoxy) is 1. The van der Waals surface area contributed by atoms with Crippen molar-refractivity contribution in [2.24, 2.45) is 0 Å².